The zero-order valence-corrected chi connectivity index (χ0v) is 10.4. The molecule has 0 amide bonds. The van der Waals surface area contributed by atoms with Crippen LogP contribution < -0.4 is 15.8 Å². The molecule has 0 atom stereocenters. The van der Waals surface area contributed by atoms with Gasteiger partial charge in [-0.25, -0.2) is 4.98 Å². The molecule has 0 aliphatic carbocycles. The summed E-state index contributed by atoms with van der Waals surface area (Å²) in [6.07, 6.45) is 0. The summed E-state index contributed by atoms with van der Waals surface area (Å²) >= 11 is 5.76. The first-order valence-electron chi connectivity index (χ1n) is 5.28. The summed E-state index contributed by atoms with van der Waals surface area (Å²) in [6, 6.07) is 9.27. The van der Waals surface area contributed by atoms with Gasteiger partial charge in [0.05, 0.1) is 5.69 Å². The zero-order valence-electron chi connectivity index (χ0n) is 9.61. The molecule has 2 rings (SSSR count). The third kappa shape index (κ3) is 3.69. The molecule has 0 spiro atoms. The van der Waals surface area contributed by atoms with Gasteiger partial charge < -0.3 is 15.8 Å². The van der Waals surface area contributed by atoms with E-state index >= 15 is 0 Å². The van der Waals surface area contributed by atoms with Crippen molar-refractivity contribution in [2.75, 3.05) is 11.1 Å². The van der Waals surface area contributed by atoms with Gasteiger partial charge in [0.25, 0.3) is 0 Å². The molecule has 0 aliphatic rings. The molecule has 7 heteroatoms. The lowest BCUT2D eigenvalue weighted by atomic mass is 10.3. The van der Waals surface area contributed by atoms with Crippen LogP contribution in [0.4, 0.5) is 26.0 Å². The summed E-state index contributed by atoms with van der Waals surface area (Å²) in [6.45, 7) is -2.90. The number of nitrogens with zero attached hydrogens (tertiary/aromatic N) is 1. The maximum atomic E-state index is 12.3. The Bertz CT molecular complexity index is 560. The Morgan fingerprint density at radius 3 is 2.68 bits per heavy atom. The van der Waals surface area contributed by atoms with Crippen LogP contribution in [0.5, 0.6) is 5.75 Å². The second-order valence-corrected chi connectivity index (χ2v) is 4.00. The quantitative estimate of drug-likeness (QED) is 0.842. The molecular formula is C12H10ClF2N3O. The monoisotopic (exact) mass is 285 g/mol. The fourth-order valence-corrected chi connectivity index (χ4v) is 1.70. The second kappa shape index (κ2) is 5.71. The number of rotatable bonds is 4. The first kappa shape index (κ1) is 13.4. The van der Waals surface area contributed by atoms with Gasteiger partial charge in [-0.1, -0.05) is 23.7 Å². The average molecular weight is 286 g/mol. The number of aromatic nitrogens is 1. The Hall–Kier alpha value is -2.08. The number of nitrogen functional groups attached to an aromatic ring is 1. The summed E-state index contributed by atoms with van der Waals surface area (Å²) in [5, 5.41) is 3.03. The summed E-state index contributed by atoms with van der Waals surface area (Å²) in [7, 11) is 0. The standard InChI is InChI=1S/C12H10ClF2N3O/c13-10-5-7(16)6-11(18-10)17-8-3-1-2-4-9(8)19-12(14)15/h1-6,12H,(H3,16,17,18). The predicted molar refractivity (Wildman–Crippen MR) is 70.0 cm³/mol. The van der Waals surface area contributed by atoms with Crippen LogP contribution in [-0.4, -0.2) is 11.6 Å². The highest BCUT2D eigenvalue weighted by molar-refractivity contribution is 6.29. The number of halogens is 3. The van der Waals surface area contributed by atoms with Crippen molar-refractivity contribution >= 4 is 28.8 Å². The summed E-state index contributed by atoms with van der Waals surface area (Å²) < 4.78 is 28.9. The Morgan fingerprint density at radius 2 is 2.00 bits per heavy atom. The van der Waals surface area contributed by atoms with Crippen LogP contribution in [0.3, 0.4) is 0 Å². The number of hydrogen-bond donors (Lipinski definition) is 2. The van der Waals surface area contributed by atoms with Gasteiger partial charge >= 0.3 is 6.61 Å². The molecule has 100 valence electrons. The van der Waals surface area contributed by atoms with Crippen LogP contribution >= 0.6 is 11.6 Å². The zero-order chi connectivity index (χ0) is 13.8. The van der Waals surface area contributed by atoms with Crippen molar-refractivity contribution in [2.45, 2.75) is 6.61 Å². The van der Waals surface area contributed by atoms with Crippen LogP contribution in [-0.2, 0) is 0 Å². The molecule has 0 fully saturated rings. The largest absolute Gasteiger partial charge is 0.433 e. The third-order valence-corrected chi connectivity index (χ3v) is 2.38. The minimum absolute atomic E-state index is 0.0119. The van der Waals surface area contributed by atoms with Crippen LogP contribution in [0.2, 0.25) is 5.15 Å². The number of alkyl halides is 2. The number of nitrogens with two attached hydrogens (primary N) is 1. The molecule has 2 aromatic rings. The number of ether oxygens (including phenoxy) is 1. The minimum atomic E-state index is -2.90. The molecule has 3 N–H and O–H groups in total. The molecule has 1 heterocycles. The van der Waals surface area contributed by atoms with Crippen molar-refractivity contribution in [3.05, 3.63) is 41.6 Å². The van der Waals surface area contributed by atoms with E-state index < -0.39 is 6.61 Å². The molecule has 19 heavy (non-hydrogen) atoms. The van der Waals surface area contributed by atoms with E-state index in [2.05, 4.69) is 15.0 Å². The van der Waals surface area contributed by atoms with E-state index in [1.165, 1.54) is 18.2 Å². The Kier molecular flexibility index (Phi) is 4.01. The smallest absolute Gasteiger partial charge is 0.387 e. The number of benzene rings is 1. The molecule has 0 saturated carbocycles. The van der Waals surface area contributed by atoms with Crippen LogP contribution in [0, 0.1) is 0 Å². The van der Waals surface area contributed by atoms with Crippen LogP contribution in [0.1, 0.15) is 0 Å². The second-order valence-electron chi connectivity index (χ2n) is 3.61. The van der Waals surface area contributed by atoms with E-state index in [-0.39, 0.29) is 10.9 Å². The van der Waals surface area contributed by atoms with Crippen molar-refractivity contribution < 1.29 is 13.5 Å². The van der Waals surface area contributed by atoms with Gasteiger partial charge in [-0.05, 0) is 18.2 Å². The van der Waals surface area contributed by atoms with Crippen LogP contribution in [0.15, 0.2) is 36.4 Å². The lowest BCUT2D eigenvalue weighted by molar-refractivity contribution is -0.0493. The maximum Gasteiger partial charge on any atom is 0.387 e. The van der Waals surface area contributed by atoms with Crippen molar-refractivity contribution in [1.29, 1.82) is 0 Å². The third-order valence-electron chi connectivity index (χ3n) is 2.18. The van der Waals surface area contributed by atoms with E-state index in [1.807, 2.05) is 0 Å². The summed E-state index contributed by atoms with van der Waals surface area (Å²) in [4.78, 5) is 3.98. The number of hydrogen-bond acceptors (Lipinski definition) is 4. The number of pyridine rings is 1. The van der Waals surface area contributed by atoms with Gasteiger partial charge in [0, 0.05) is 11.8 Å². The number of para-hydroxylation sites is 2. The molecule has 0 saturated heterocycles. The molecule has 4 nitrogen and oxygen atoms in total. The van der Waals surface area contributed by atoms with Crippen molar-refractivity contribution in [3.63, 3.8) is 0 Å². The topological polar surface area (TPSA) is 60.2 Å². The molecular weight excluding hydrogens is 276 g/mol. The fourth-order valence-electron chi connectivity index (χ4n) is 1.49. The maximum absolute atomic E-state index is 12.3. The molecule has 0 unspecified atom stereocenters. The number of anilines is 3. The molecule has 0 aliphatic heterocycles. The normalized spacial score (nSPS) is 10.5. The minimum Gasteiger partial charge on any atom is -0.433 e. The lowest BCUT2D eigenvalue weighted by Gasteiger charge is -2.12. The Labute approximate surface area is 113 Å². The van der Waals surface area contributed by atoms with Crippen molar-refractivity contribution in [2.24, 2.45) is 0 Å². The fraction of sp³-hybridized carbons (Fsp3) is 0.0833. The molecule has 0 radical (unpaired) electrons. The number of nitrogens with one attached hydrogen (secondary N) is 1. The average Bonchev–Trinajstić information content (AvgIpc) is 2.29. The lowest BCUT2D eigenvalue weighted by Crippen LogP contribution is -2.05. The van der Waals surface area contributed by atoms with Gasteiger partial charge in [0.1, 0.15) is 16.7 Å². The van der Waals surface area contributed by atoms with E-state index in [9.17, 15) is 8.78 Å². The first-order valence-corrected chi connectivity index (χ1v) is 5.66. The Balaban J connectivity index is 2.27. The van der Waals surface area contributed by atoms with Gasteiger partial charge in [0.15, 0.2) is 0 Å². The van der Waals surface area contributed by atoms with Gasteiger partial charge in [-0.15, -0.1) is 0 Å². The molecule has 1 aromatic carbocycles. The van der Waals surface area contributed by atoms with E-state index in [4.69, 9.17) is 17.3 Å². The van der Waals surface area contributed by atoms with Crippen LogP contribution in [0.25, 0.3) is 0 Å². The highest BCUT2D eigenvalue weighted by atomic mass is 35.5. The van der Waals surface area contributed by atoms with Gasteiger partial charge in [-0.2, -0.15) is 8.78 Å². The highest BCUT2D eigenvalue weighted by Crippen LogP contribution is 2.29. The Morgan fingerprint density at radius 1 is 1.26 bits per heavy atom. The SMILES string of the molecule is Nc1cc(Cl)nc(Nc2ccccc2OC(F)F)c1. The summed E-state index contributed by atoms with van der Waals surface area (Å²) in [5.41, 5.74) is 6.37. The van der Waals surface area contributed by atoms with E-state index in [0.29, 0.717) is 17.2 Å². The highest BCUT2D eigenvalue weighted by Gasteiger charge is 2.10. The van der Waals surface area contributed by atoms with Gasteiger partial charge in [-0.3, -0.25) is 0 Å². The first-order chi connectivity index (χ1) is 9.04. The molecule has 1 aromatic heterocycles. The van der Waals surface area contributed by atoms with Gasteiger partial charge in [0.2, 0.25) is 0 Å². The predicted octanol–water partition coefficient (Wildman–Crippen LogP) is 3.66. The molecule has 0 bridgehead atoms. The van der Waals surface area contributed by atoms with E-state index in [1.54, 1.807) is 18.2 Å². The summed E-state index contributed by atoms with van der Waals surface area (Å²) in [5.74, 6) is 0.355. The van der Waals surface area contributed by atoms with E-state index in [0.717, 1.165) is 0 Å². The van der Waals surface area contributed by atoms with Crippen molar-refractivity contribution in [1.82, 2.24) is 4.98 Å². The van der Waals surface area contributed by atoms with Crippen molar-refractivity contribution in [3.8, 4) is 5.75 Å².